The van der Waals surface area contributed by atoms with Crippen LogP contribution in [0.3, 0.4) is 0 Å². The Morgan fingerprint density at radius 3 is 2.71 bits per heavy atom. The van der Waals surface area contributed by atoms with Gasteiger partial charge in [0.25, 0.3) is 5.91 Å². The van der Waals surface area contributed by atoms with E-state index in [1.165, 1.54) is 18.0 Å². The lowest BCUT2D eigenvalue weighted by molar-refractivity contribution is -0.137. The Balaban J connectivity index is 1.49. The number of aromatic nitrogens is 4. The van der Waals surface area contributed by atoms with Crippen molar-refractivity contribution >= 4 is 29.0 Å². The Hall–Kier alpha value is -3.47. The van der Waals surface area contributed by atoms with Crippen molar-refractivity contribution in [2.24, 2.45) is 5.92 Å². The zero-order valence-electron chi connectivity index (χ0n) is 19.5. The van der Waals surface area contributed by atoms with Crippen LogP contribution in [0.4, 0.5) is 10.6 Å². The van der Waals surface area contributed by atoms with Gasteiger partial charge in [0.1, 0.15) is 17.7 Å². The number of carbonyl (C=O) groups excluding carboxylic acids is 2. The first-order chi connectivity index (χ1) is 16.8. The van der Waals surface area contributed by atoms with Crippen molar-refractivity contribution in [2.75, 3.05) is 32.5 Å². The Morgan fingerprint density at radius 1 is 1.29 bits per heavy atom. The third kappa shape index (κ3) is 5.00. The number of nitrogen functional groups attached to an aromatic ring is 1. The molecule has 2 saturated heterocycles. The number of anilines is 1. The van der Waals surface area contributed by atoms with E-state index in [0.717, 1.165) is 12.8 Å². The highest BCUT2D eigenvalue weighted by Gasteiger charge is 2.47. The molecule has 2 fully saturated rings. The summed E-state index contributed by atoms with van der Waals surface area (Å²) in [5.74, 6) is 6.11. The van der Waals surface area contributed by atoms with Gasteiger partial charge in [-0.1, -0.05) is 5.92 Å². The van der Waals surface area contributed by atoms with Crippen LogP contribution >= 0.6 is 0 Å². The van der Waals surface area contributed by atoms with Crippen LogP contribution in [0, 0.1) is 17.8 Å². The molecule has 0 spiro atoms. The number of nitrogens with two attached hydrogens (primary N) is 1. The van der Waals surface area contributed by atoms with Gasteiger partial charge in [-0.2, -0.15) is 0 Å². The van der Waals surface area contributed by atoms with Crippen LogP contribution in [0.2, 0.25) is 0 Å². The molecule has 4 rings (SSSR count). The minimum absolute atomic E-state index is 0.109. The molecule has 35 heavy (non-hydrogen) atoms. The third-order valence-electron chi connectivity index (χ3n) is 6.21. The van der Waals surface area contributed by atoms with Gasteiger partial charge in [0, 0.05) is 26.1 Å². The summed E-state index contributed by atoms with van der Waals surface area (Å²) in [4.78, 5) is 38.3. The van der Waals surface area contributed by atoms with Gasteiger partial charge in [-0.25, -0.2) is 19.7 Å². The Labute approximate surface area is 201 Å². The number of piperidine rings is 1. The van der Waals surface area contributed by atoms with Gasteiger partial charge in [0.15, 0.2) is 23.8 Å². The smallest absolute Gasteiger partial charge is 0.409 e. The van der Waals surface area contributed by atoms with Crippen molar-refractivity contribution in [2.45, 2.75) is 50.7 Å². The summed E-state index contributed by atoms with van der Waals surface area (Å²) in [5.41, 5.74) is 6.61. The Bertz CT molecular complexity index is 1150. The number of aliphatic hydroxyl groups is 2. The van der Waals surface area contributed by atoms with E-state index in [1.807, 2.05) is 0 Å². The van der Waals surface area contributed by atoms with Crippen LogP contribution in [0.15, 0.2) is 6.33 Å². The Morgan fingerprint density at radius 2 is 2.03 bits per heavy atom. The summed E-state index contributed by atoms with van der Waals surface area (Å²) in [6.07, 6.45) is -1.84. The van der Waals surface area contributed by atoms with Gasteiger partial charge < -0.3 is 35.6 Å². The second-order valence-corrected chi connectivity index (χ2v) is 8.49. The molecule has 13 heteroatoms. The largest absolute Gasteiger partial charge is 0.453 e. The van der Waals surface area contributed by atoms with E-state index in [9.17, 15) is 19.8 Å². The van der Waals surface area contributed by atoms with Gasteiger partial charge in [-0.05, 0) is 31.6 Å². The Kier molecular flexibility index (Phi) is 7.34. The molecule has 2 aromatic heterocycles. The fourth-order valence-corrected chi connectivity index (χ4v) is 4.28. The highest BCUT2D eigenvalue weighted by molar-refractivity contribution is 5.83. The molecule has 4 heterocycles. The van der Waals surface area contributed by atoms with E-state index < -0.39 is 30.4 Å². The van der Waals surface area contributed by atoms with Gasteiger partial charge in [0.05, 0.1) is 13.4 Å². The molecule has 2 amide bonds. The van der Waals surface area contributed by atoms with E-state index in [2.05, 4.69) is 32.1 Å². The molecule has 0 aromatic carbocycles. The summed E-state index contributed by atoms with van der Waals surface area (Å²) in [5, 5.41) is 23.4. The number of imidazole rings is 1. The van der Waals surface area contributed by atoms with Crippen molar-refractivity contribution in [1.29, 1.82) is 0 Å². The number of fused-ring (bicyclic) bond motifs is 1. The van der Waals surface area contributed by atoms with Crippen LogP contribution in [0.25, 0.3) is 11.2 Å². The normalized spacial score (nSPS) is 24.7. The number of ether oxygens (including phenoxy) is 2. The number of nitrogens with zero attached hydrogens (tertiary/aromatic N) is 5. The molecule has 0 aliphatic carbocycles. The van der Waals surface area contributed by atoms with Crippen LogP contribution < -0.4 is 11.1 Å². The number of aliphatic hydroxyl groups excluding tert-OH is 2. The average molecular weight is 488 g/mol. The molecule has 2 aliphatic heterocycles. The molecule has 0 bridgehead atoms. The number of carbonyl (C=O) groups is 2. The van der Waals surface area contributed by atoms with Crippen LogP contribution in [-0.4, -0.2) is 91.7 Å². The summed E-state index contributed by atoms with van der Waals surface area (Å²) in [6, 6.07) is 0. The molecule has 5 N–H and O–H groups in total. The standard InChI is InChI=1S/C22H29N7O6/c1-3-24-20(32)17-15(30)16(31)21(35-17)29-11-25-14-18(23)26-13(27-19(14)29)6-4-5-12-7-9-28(10-8-12)22(33)34-2/h11-12,15-17,21,30-31H,3,5,7-10H2,1-2H3,(H,24,32)(H2,23,26,27)/t15?,16?,17?,21-/m0/s1. The molecule has 4 atom stereocenters. The van der Waals surface area contributed by atoms with Crippen molar-refractivity contribution < 1.29 is 29.3 Å². The molecule has 188 valence electrons. The lowest BCUT2D eigenvalue weighted by atomic mass is 9.94. The van der Waals surface area contributed by atoms with Gasteiger partial charge in [0.2, 0.25) is 5.82 Å². The van der Waals surface area contributed by atoms with E-state index in [4.69, 9.17) is 15.2 Å². The van der Waals surface area contributed by atoms with E-state index in [1.54, 1.807) is 11.8 Å². The van der Waals surface area contributed by atoms with Crippen LogP contribution in [0.5, 0.6) is 0 Å². The first kappa shape index (κ1) is 24.6. The van der Waals surface area contributed by atoms with Gasteiger partial charge >= 0.3 is 6.09 Å². The second kappa shape index (κ2) is 10.4. The minimum Gasteiger partial charge on any atom is -0.453 e. The maximum atomic E-state index is 12.2. The topological polar surface area (TPSA) is 178 Å². The number of likely N-dealkylation sites (tertiary alicyclic amines) is 1. The van der Waals surface area contributed by atoms with Crippen molar-refractivity contribution in [3.8, 4) is 11.8 Å². The van der Waals surface area contributed by atoms with Crippen molar-refractivity contribution in [3.63, 3.8) is 0 Å². The number of amides is 2. The maximum absolute atomic E-state index is 12.2. The highest BCUT2D eigenvalue weighted by atomic mass is 16.6. The molecule has 0 saturated carbocycles. The number of rotatable bonds is 4. The molecule has 2 aliphatic rings. The van der Waals surface area contributed by atoms with E-state index in [0.29, 0.717) is 32.0 Å². The summed E-state index contributed by atoms with van der Waals surface area (Å²) in [7, 11) is 1.37. The molecule has 3 unspecified atom stereocenters. The third-order valence-corrected chi connectivity index (χ3v) is 6.21. The van der Waals surface area contributed by atoms with Crippen molar-refractivity contribution in [1.82, 2.24) is 29.7 Å². The molecule has 2 aromatic rings. The van der Waals surface area contributed by atoms with Gasteiger partial charge in [-0.3, -0.25) is 9.36 Å². The molecule has 0 radical (unpaired) electrons. The zero-order valence-corrected chi connectivity index (χ0v) is 19.5. The number of likely N-dealkylation sites (N-methyl/N-ethyl adjacent to an activating group) is 1. The summed E-state index contributed by atoms with van der Waals surface area (Å²) < 4.78 is 11.8. The lowest BCUT2D eigenvalue weighted by Crippen LogP contribution is -2.42. The quantitative estimate of drug-likeness (QED) is 0.406. The lowest BCUT2D eigenvalue weighted by Gasteiger charge is -2.29. The maximum Gasteiger partial charge on any atom is 0.409 e. The number of methoxy groups -OCH3 is 1. The average Bonchev–Trinajstić information content (AvgIpc) is 3.40. The van der Waals surface area contributed by atoms with E-state index >= 15 is 0 Å². The second-order valence-electron chi connectivity index (χ2n) is 8.49. The predicted molar refractivity (Wildman–Crippen MR) is 123 cm³/mol. The van der Waals surface area contributed by atoms with E-state index in [-0.39, 0.29) is 28.9 Å². The molecular formula is C22H29N7O6. The summed E-state index contributed by atoms with van der Waals surface area (Å²) >= 11 is 0. The number of hydrogen-bond donors (Lipinski definition) is 4. The van der Waals surface area contributed by atoms with Crippen molar-refractivity contribution in [3.05, 3.63) is 12.2 Å². The highest BCUT2D eigenvalue weighted by Crippen LogP contribution is 2.32. The molecular weight excluding hydrogens is 458 g/mol. The SMILES string of the molecule is CCNC(=O)C1O[C@H](n2cnc3c(N)nc(C#CCC4CCN(C(=O)OC)CC4)nc32)C(O)C1O. The van der Waals surface area contributed by atoms with Gasteiger partial charge in [-0.15, -0.1) is 0 Å². The first-order valence-corrected chi connectivity index (χ1v) is 11.4. The number of nitrogens with one attached hydrogen (secondary N) is 1. The molecule has 13 nitrogen and oxygen atoms in total. The predicted octanol–water partition coefficient (Wildman–Crippen LogP) is -0.616. The fraction of sp³-hybridized carbons (Fsp3) is 0.591. The monoisotopic (exact) mass is 487 g/mol. The number of hydrogen-bond acceptors (Lipinski definition) is 10. The van der Waals surface area contributed by atoms with Crippen LogP contribution in [-0.2, 0) is 14.3 Å². The van der Waals surface area contributed by atoms with Crippen LogP contribution in [0.1, 0.15) is 38.2 Å². The zero-order chi connectivity index (χ0) is 25.1. The fourth-order valence-electron chi connectivity index (χ4n) is 4.28. The first-order valence-electron chi connectivity index (χ1n) is 11.4. The summed E-state index contributed by atoms with van der Waals surface area (Å²) in [6.45, 7) is 3.35. The minimum atomic E-state index is -1.42.